The molecule has 0 aromatic rings. The molecule has 0 aliphatic rings. The van der Waals surface area contributed by atoms with Crippen molar-refractivity contribution in [2.24, 2.45) is 0 Å². The molecule has 0 radical (unpaired) electrons. The van der Waals surface area contributed by atoms with Gasteiger partial charge in [0.25, 0.3) is 23.4 Å². The van der Waals surface area contributed by atoms with Crippen LogP contribution in [0.5, 0.6) is 0 Å². The number of alkyl halides is 14. The summed E-state index contributed by atoms with van der Waals surface area (Å²) in [5.74, 6) is -28.2. The van der Waals surface area contributed by atoms with Crippen LogP contribution in [0.25, 0.3) is 0 Å². The molecule has 1 atom stereocenters. The minimum Gasteiger partial charge on any atom is -0.226 e. The summed E-state index contributed by atoms with van der Waals surface area (Å²) in [7, 11) is 0. The van der Waals surface area contributed by atoms with Gasteiger partial charge >= 0.3 is 18.0 Å². The maximum atomic E-state index is 14.0. The molecule has 0 fully saturated rings. The third-order valence-corrected chi connectivity index (χ3v) is 3.48. The maximum Gasteiger partial charge on any atom is 0.429 e. The second-order valence-electron chi connectivity index (χ2n) is 6.24. The van der Waals surface area contributed by atoms with E-state index in [-0.39, 0.29) is 6.92 Å². The van der Waals surface area contributed by atoms with Crippen LogP contribution in [-0.4, -0.2) is 41.5 Å². The molecule has 0 N–H and O–H groups in total. The summed E-state index contributed by atoms with van der Waals surface area (Å²) in [4.78, 5) is 0. The molecular weight excluding hydrogens is 422 g/mol. The van der Waals surface area contributed by atoms with Crippen molar-refractivity contribution in [1.29, 1.82) is 0 Å². The summed E-state index contributed by atoms with van der Waals surface area (Å²) in [6.45, 7) is 0.237. The molecule has 0 spiro atoms. The number of halogens is 14. The van der Waals surface area contributed by atoms with Gasteiger partial charge in [0.2, 0.25) is 0 Å². The van der Waals surface area contributed by atoms with Crippen LogP contribution < -0.4 is 0 Å². The topological polar surface area (TPSA) is 0 Å². The van der Waals surface area contributed by atoms with E-state index in [4.69, 9.17) is 0 Å². The Labute approximate surface area is 143 Å². The van der Waals surface area contributed by atoms with Crippen LogP contribution in [0.15, 0.2) is 0 Å². The van der Waals surface area contributed by atoms with Crippen LogP contribution in [0.4, 0.5) is 61.5 Å². The molecule has 0 heterocycles. The highest BCUT2D eigenvalue weighted by Crippen LogP contribution is 2.58. The van der Waals surface area contributed by atoms with Gasteiger partial charge in [-0.3, -0.25) is 0 Å². The summed E-state index contributed by atoms with van der Waals surface area (Å²) in [6, 6.07) is 0. The lowest BCUT2D eigenvalue weighted by Gasteiger charge is -2.41. The first-order valence-electron chi connectivity index (χ1n) is 7.08. The minimum atomic E-state index is -7.12. The number of hydrogen-bond acceptors (Lipinski definition) is 0. The maximum absolute atomic E-state index is 14.0. The van der Waals surface area contributed by atoms with E-state index < -0.39 is 67.1 Å². The second-order valence-corrected chi connectivity index (χ2v) is 6.24. The van der Waals surface area contributed by atoms with Gasteiger partial charge in [-0.05, 0) is 6.92 Å². The van der Waals surface area contributed by atoms with Crippen molar-refractivity contribution in [3.8, 4) is 0 Å². The van der Waals surface area contributed by atoms with Gasteiger partial charge in [-0.15, -0.1) is 0 Å². The van der Waals surface area contributed by atoms with Crippen LogP contribution >= 0.6 is 0 Å². The quantitative estimate of drug-likeness (QED) is 0.341. The lowest BCUT2D eigenvalue weighted by atomic mass is 9.83. The van der Waals surface area contributed by atoms with E-state index in [1.807, 2.05) is 0 Å². The highest BCUT2D eigenvalue weighted by molar-refractivity contribution is 5.09. The van der Waals surface area contributed by atoms with Crippen LogP contribution in [0.2, 0.25) is 0 Å². The summed E-state index contributed by atoms with van der Waals surface area (Å²) >= 11 is 0. The molecule has 0 bridgehead atoms. The normalized spacial score (nSPS) is 17.8. The zero-order valence-corrected chi connectivity index (χ0v) is 13.6. The van der Waals surface area contributed by atoms with Crippen LogP contribution in [-0.2, 0) is 0 Å². The standard InChI is InChI=1S/C13H14F14/c1-3-8(16,17)6-11(21,22)12(23,24)10(20,13(25,26)27)5-9(18,19)4-7(2,14)15/h3-6H2,1-2H3. The van der Waals surface area contributed by atoms with Crippen LogP contribution in [0, 0.1) is 0 Å². The monoisotopic (exact) mass is 436 g/mol. The lowest BCUT2D eigenvalue weighted by Crippen LogP contribution is -2.65. The van der Waals surface area contributed by atoms with E-state index >= 15 is 0 Å². The molecule has 0 rings (SSSR count). The zero-order valence-electron chi connectivity index (χ0n) is 13.6. The van der Waals surface area contributed by atoms with Gasteiger partial charge in [0.05, 0.1) is 19.3 Å². The Bertz CT molecular complexity index is 500. The minimum absolute atomic E-state index is 0.261. The number of rotatable bonds is 9. The third kappa shape index (κ3) is 6.00. The third-order valence-electron chi connectivity index (χ3n) is 3.48. The Hall–Kier alpha value is -0.980. The molecular formula is C13H14F14. The molecule has 0 nitrogen and oxygen atoms in total. The van der Waals surface area contributed by atoms with E-state index in [0.29, 0.717) is 6.92 Å². The summed E-state index contributed by atoms with van der Waals surface area (Å²) < 4.78 is 184. The largest absolute Gasteiger partial charge is 0.429 e. The van der Waals surface area contributed by atoms with E-state index in [9.17, 15) is 61.5 Å². The Kier molecular flexibility index (Phi) is 6.86. The van der Waals surface area contributed by atoms with Gasteiger partial charge in [-0.25, -0.2) is 30.7 Å². The summed E-state index contributed by atoms with van der Waals surface area (Å²) in [6.07, 6.45) is -18.6. The Balaban J connectivity index is 6.20. The first-order chi connectivity index (χ1) is 11.4. The first-order valence-corrected chi connectivity index (χ1v) is 7.08. The van der Waals surface area contributed by atoms with E-state index in [2.05, 4.69) is 0 Å². The van der Waals surface area contributed by atoms with Crippen molar-refractivity contribution in [3.63, 3.8) is 0 Å². The smallest absolute Gasteiger partial charge is 0.226 e. The molecule has 27 heavy (non-hydrogen) atoms. The molecule has 0 saturated heterocycles. The van der Waals surface area contributed by atoms with Gasteiger partial charge in [0, 0.05) is 6.42 Å². The Morgan fingerprint density at radius 3 is 1.26 bits per heavy atom. The molecule has 1 unspecified atom stereocenters. The Morgan fingerprint density at radius 2 is 0.963 bits per heavy atom. The van der Waals surface area contributed by atoms with Crippen molar-refractivity contribution in [2.45, 2.75) is 81.0 Å². The van der Waals surface area contributed by atoms with Crippen LogP contribution in [0.1, 0.15) is 39.5 Å². The Morgan fingerprint density at radius 1 is 0.556 bits per heavy atom. The van der Waals surface area contributed by atoms with Gasteiger partial charge in [-0.1, -0.05) is 6.92 Å². The molecule has 0 aromatic carbocycles. The van der Waals surface area contributed by atoms with Crippen molar-refractivity contribution in [2.75, 3.05) is 0 Å². The van der Waals surface area contributed by atoms with Gasteiger partial charge in [0.1, 0.15) is 0 Å². The number of hydrogen-bond donors (Lipinski definition) is 0. The van der Waals surface area contributed by atoms with E-state index in [0.717, 1.165) is 0 Å². The van der Waals surface area contributed by atoms with Gasteiger partial charge in [-0.2, -0.15) is 30.7 Å². The van der Waals surface area contributed by atoms with Crippen molar-refractivity contribution in [3.05, 3.63) is 0 Å². The molecule has 0 aliphatic carbocycles. The fourth-order valence-corrected chi connectivity index (χ4v) is 2.11. The molecule has 0 aliphatic heterocycles. The van der Waals surface area contributed by atoms with Crippen LogP contribution in [0.3, 0.4) is 0 Å². The molecule has 0 saturated carbocycles. The predicted molar refractivity (Wildman–Crippen MR) is 64.4 cm³/mol. The fraction of sp³-hybridized carbons (Fsp3) is 1.00. The second kappa shape index (κ2) is 7.12. The predicted octanol–water partition coefficient (Wildman–Crippen LogP) is 7.03. The highest BCUT2D eigenvalue weighted by Gasteiger charge is 2.82. The average molecular weight is 436 g/mol. The SMILES string of the molecule is CCC(F)(F)CC(F)(F)C(F)(F)C(F)(CC(F)(F)CC(C)(F)F)C(F)(F)F. The van der Waals surface area contributed by atoms with Crippen molar-refractivity contribution < 1.29 is 61.5 Å². The zero-order chi connectivity index (χ0) is 22.3. The fourth-order valence-electron chi connectivity index (χ4n) is 2.11. The average Bonchev–Trinajstić information content (AvgIpc) is 2.31. The van der Waals surface area contributed by atoms with E-state index in [1.165, 1.54) is 0 Å². The lowest BCUT2D eigenvalue weighted by molar-refractivity contribution is -0.371. The van der Waals surface area contributed by atoms with Gasteiger partial charge < -0.3 is 0 Å². The summed E-state index contributed by atoms with van der Waals surface area (Å²) in [5.41, 5.74) is -6.76. The highest BCUT2D eigenvalue weighted by atomic mass is 19.4. The van der Waals surface area contributed by atoms with Gasteiger partial charge in [0.15, 0.2) is 0 Å². The van der Waals surface area contributed by atoms with Crippen molar-refractivity contribution in [1.82, 2.24) is 0 Å². The summed E-state index contributed by atoms with van der Waals surface area (Å²) in [5, 5.41) is 0. The van der Waals surface area contributed by atoms with Crippen molar-refractivity contribution >= 4 is 0 Å². The molecule has 0 aromatic heterocycles. The van der Waals surface area contributed by atoms with E-state index in [1.54, 1.807) is 0 Å². The first kappa shape index (κ1) is 26.0. The molecule has 164 valence electrons. The molecule has 14 heteroatoms. The molecule has 0 amide bonds.